The first-order chi connectivity index (χ1) is 13.3. The molecular weight excluding hydrogens is 354 g/mol. The summed E-state index contributed by atoms with van der Waals surface area (Å²) in [5.74, 6) is 0. The first-order valence-corrected chi connectivity index (χ1v) is 13.2. The van der Waals surface area contributed by atoms with Crippen LogP contribution in [0.4, 0.5) is 0 Å². The zero-order chi connectivity index (χ0) is 20.2. The molecular formula is C26H35NSi. The third kappa shape index (κ3) is 4.56. The second kappa shape index (κ2) is 8.63. The minimum Gasteiger partial charge on any atom is -0.329 e. The highest BCUT2D eigenvalue weighted by molar-refractivity contribution is 6.90. The van der Waals surface area contributed by atoms with Gasteiger partial charge in [0.05, 0.1) is 0 Å². The summed E-state index contributed by atoms with van der Waals surface area (Å²) in [7, 11) is -2.02. The molecule has 0 amide bonds. The van der Waals surface area contributed by atoms with E-state index in [1.54, 1.807) is 0 Å². The third-order valence-corrected chi connectivity index (χ3v) is 10.3. The van der Waals surface area contributed by atoms with Crippen LogP contribution in [0.2, 0.25) is 6.55 Å². The Balaban J connectivity index is 2.01. The van der Waals surface area contributed by atoms with Crippen LogP contribution in [0.5, 0.6) is 0 Å². The molecule has 2 unspecified atom stereocenters. The third-order valence-electron chi connectivity index (χ3n) is 5.74. The van der Waals surface area contributed by atoms with Gasteiger partial charge in [-0.05, 0) is 68.3 Å². The second-order valence-corrected chi connectivity index (χ2v) is 13.1. The average Bonchev–Trinajstić information content (AvgIpc) is 3.04. The molecule has 2 aromatic carbocycles. The number of hydrogen-bond donors (Lipinski definition) is 1. The van der Waals surface area contributed by atoms with Gasteiger partial charge in [-0.25, -0.2) is 0 Å². The maximum atomic E-state index is 4.11. The van der Waals surface area contributed by atoms with Crippen LogP contribution in [0.1, 0.15) is 63.1 Å². The SMILES string of the molecule is C=CCCCCC1=CC([Si](C)(NC(C)(C)C)c2ccccc2)c2ccccc21. The molecule has 0 radical (unpaired) electrons. The molecule has 0 aromatic heterocycles. The number of allylic oxidation sites excluding steroid dienone is 3. The molecule has 2 atom stereocenters. The van der Waals surface area contributed by atoms with Crippen LogP contribution < -0.4 is 10.2 Å². The summed E-state index contributed by atoms with van der Waals surface area (Å²) in [5.41, 5.74) is 5.05. The summed E-state index contributed by atoms with van der Waals surface area (Å²) in [5, 5.41) is 1.48. The number of benzene rings is 2. The van der Waals surface area contributed by atoms with E-state index >= 15 is 0 Å². The van der Waals surface area contributed by atoms with E-state index in [-0.39, 0.29) is 5.54 Å². The molecule has 0 bridgehead atoms. The second-order valence-electron chi connectivity index (χ2n) is 9.23. The van der Waals surface area contributed by atoms with Crippen LogP contribution in [0.15, 0.2) is 73.3 Å². The van der Waals surface area contributed by atoms with E-state index in [0.717, 1.165) is 12.8 Å². The van der Waals surface area contributed by atoms with Crippen molar-refractivity contribution in [3.8, 4) is 0 Å². The van der Waals surface area contributed by atoms with Gasteiger partial charge in [0.15, 0.2) is 8.24 Å². The number of unbranched alkanes of at least 4 members (excludes halogenated alkanes) is 2. The Kier molecular flexibility index (Phi) is 6.42. The van der Waals surface area contributed by atoms with E-state index in [0.29, 0.717) is 5.54 Å². The van der Waals surface area contributed by atoms with Crippen LogP contribution in [-0.4, -0.2) is 13.8 Å². The summed E-state index contributed by atoms with van der Waals surface area (Å²) < 4.78 is 0. The van der Waals surface area contributed by atoms with Gasteiger partial charge >= 0.3 is 0 Å². The lowest BCUT2D eigenvalue weighted by atomic mass is 10.0. The molecule has 0 aliphatic heterocycles. The lowest BCUT2D eigenvalue weighted by molar-refractivity contribution is 0.511. The Bertz CT molecular complexity index is 831. The topological polar surface area (TPSA) is 12.0 Å². The number of fused-ring (bicyclic) bond motifs is 1. The quantitative estimate of drug-likeness (QED) is 0.316. The van der Waals surface area contributed by atoms with Crippen LogP contribution >= 0.6 is 0 Å². The largest absolute Gasteiger partial charge is 0.329 e. The molecule has 0 saturated heterocycles. The molecule has 148 valence electrons. The van der Waals surface area contributed by atoms with Gasteiger partial charge in [0, 0.05) is 11.1 Å². The van der Waals surface area contributed by atoms with Gasteiger partial charge in [0.25, 0.3) is 0 Å². The summed E-state index contributed by atoms with van der Waals surface area (Å²) >= 11 is 0. The highest BCUT2D eigenvalue weighted by Crippen LogP contribution is 2.42. The Labute approximate surface area is 172 Å². The van der Waals surface area contributed by atoms with Gasteiger partial charge < -0.3 is 4.98 Å². The van der Waals surface area contributed by atoms with Crippen molar-refractivity contribution in [2.75, 3.05) is 0 Å². The van der Waals surface area contributed by atoms with Crippen molar-refractivity contribution in [3.63, 3.8) is 0 Å². The molecule has 0 spiro atoms. The molecule has 1 N–H and O–H groups in total. The summed E-state index contributed by atoms with van der Waals surface area (Å²) in [6.45, 7) is 13.2. The summed E-state index contributed by atoms with van der Waals surface area (Å²) in [6, 6.07) is 20.2. The molecule has 1 nitrogen and oxygen atoms in total. The molecule has 0 fully saturated rings. The Morgan fingerprint density at radius 3 is 2.36 bits per heavy atom. The Morgan fingerprint density at radius 1 is 1.00 bits per heavy atom. The monoisotopic (exact) mass is 389 g/mol. The molecule has 2 aromatic rings. The predicted molar refractivity (Wildman–Crippen MR) is 126 cm³/mol. The lowest BCUT2D eigenvalue weighted by Gasteiger charge is -2.40. The van der Waals surface area contributed by atoms with E-state index in [1.165, 1.54) is 34.7 Å². The van der Waals surface area contributed by atoms with Crippen LogP contribution in [0.25, 0.3) is 5.57 Å². The molecule has 1 aliphatic rings. The number of hydrogen-bond acceptors (Lipinski definition) is 1. The molecule has 3 rings (SSSR count). The zero-order valence-corrected chi connectivity index (χ0v) is 19.0. The van der Waals surface area contributed by atoms with Gasteiger partial charge in [0.1, 0.15) is 0 Å². The first kappa shape index (κ1) is 20.8. The molecule has 0 saturated carbocycles. The van der Waals surface area contributed by atoms with Crippen LogP contribution in [0.3, 0.4) is 0 Å². The van der Waals surface area contributed by atoms with E-state index in [1.807, 2.05) is 6.08 Å². The van der Waals surface area contributed by atoms with E-state index < -0.39 is 8.24 Å². The van der Waals surface area contributed by atoms with Gasteiger partial charge in [-0.15, -0.1) is 6.58 Å². The summed E-state index contributed by atoms with van der Waals surface area (Å²) in [6.07, 6.45) is 9.36. The average molecular weight is 390 g/mol. The zero-order valence-electron chi connectivity index (χ0n) is 18.0. The minimum absolute atomic E-state index is 0.0757. The smallest absolute Gasteiger partial charge is 0.166 e. The molecule has 28 heavy (non-hydrogen) atoms. The number of nitrogens with one attached hydrogen (secondary N) is 1. The Hall–Kier alpha value is -1.90. The highest BCUT2D eigenvalue weighted by Gasteiger charge is 2.44. The van der Waals surface area contributed by atoms with Crippen LogP contribution in [0, 0.1) is 0 Å². The summed E-state index contributed by atoms with van der Waals surface area (Å²) in [4.78, 5) is 4.11. The van der Waals surface area contributed by atoms with Gasteiger partial charge in [-0.3, -0.25) is 0 Å². The van der Waals surface area contributed by atoms with Crippen molar-refractivity contribution < 1.29 is 0 Å². The van der Waals surface area contributed by atoms with Crippen molar-refractivity contribution in [1.29, 1.82) is 0 Å². The van der Waals surface area contributed by atoms with E-state index in [9.17, 15) is 0 Å². The van der Waals surface area contributed by atoms with Gasteiger partial charge in [0.2, 0.25) is 0 Å². The van der Waals surface area contributed by atoms with Crippen LogP contribution in [-0.2, 0) is 0 Å². The van der Waals surface area contributed by atoms with E-state index in [4.69, 9.17) is 0 Å². The van der Waals surface area contributed by atoms with E-state index in [2.05, 4.69) is 99.6 Å². The van der Waals surface area contributed by atoms with Gasteiger partial charge in [-0.1, -0.05) is 73.3 Å². The van der Waals surface area contributed by atoms with Gasteiger partial charge in [-0.2, -0.15) is 0 Å². The predicted octanol–water partition coefficient (Wildman–Crippen LogP) is 6.32. The maximum absolute atomic E-state index is 4.11. The van der Waals surface area contributed by atoms with Crippen molar-refractivity contribution in [3.05, 3.63) is 84.5 Å². The van der Waals surface area contributed by atoms with Crippen molar-refractivity contribution in [2.45, 2.75) is 64.1 Å². The minimum atomic E-state index is -2.02. The fraction of sp³-hybridized carbons (Fsp3) is 0.385. The molecule has 2 heteroatoms. The fourth-order valence-corrected chi connectivity index (χ4v) is 9.14. The van der Waals surface area contributed by atoms with Crippen molar-refractivity contribution in [1.82, 2.24) is 4.98 Å². The highest BCUT2D eigenvalue weighted by atomic mass is 28.3. The van der Waals surface area contributed by atoms with Crippen molar-refractivity contribution >= 4 is 19.0 Å². The van der Waals surface area contributed by atoms with Crippen molar-refractivity contribution in [2.24, 2.45) is 0 Å². The number of rotatable bonds is 8. The normalized spacial score (nSPS) is 18.3. The lowest BCUT2D eigenvalue weighted by Crippen LogP contribution is -2.66. The maximum Gasteiger partial charge on any atom is 0.166 e. The first-order valence-electron chi connectivity index (χ1n) is 10.6. The fourth-order valence-electron chi connectivity index (χ4n) is 4.63. The Morgan fingerprint density at radius 2 is 1.68 bits per heavy atom. The standard InChI is InChI=1S/C26H35NSi/c1-6-7-8-10-15-21-20-25(24-19-14-13-18-23(21)24)28(5,27-26(2,3)4)22-16-11-9-12-17-22/h6,9,11-14,16-20,25,27H,1,7-8,10,15H2,2-5H3. The molecule has 0 heterocycles. The molecule has 1 aliphatic carbocycles.